The average molecular weight is 349 g/mol. The average Bonchev–Trinajstić information content (AvgIpc) is 3.04. The molecule has 0 atom stereocenters. The molecule has 1 saturated heterocycles. The topological polar surface area (TPSA) is 62.5 Å². The molecule has 7 heteroatoms. The van der Waals surface area contributed by atoms with Crippen molar-refractivity contribution in [1.29, 1.82) is 0 Å². The molecule has 1 fully saturated rings. The number of hydrogen-bond acceptors (Lipinski definition) is 5. The van der Waals surface area contributed by atoms with Gasteiger partial charge in [-0.3, -0.25) is 9.69 Å². The second kappa shape index (κ2) is 7.77. The van der Waals surface area contributed by atoms with Crippen LogP contribution in [0.25, 0.3) is 11.5 Å². The van der Waals surface area contributed by atoms with Crippen LogP contribution in [-0.4, -0.2) is 52.0 Å². The summed E-state index contributed by atoms with van der Waals surface area (Å²) >= 11 is 6.16. The number of benzene rings is 1. The number of hydrogen-bond donors (Lipinski definition) is 0. The summed E-state index contributed by atoms with van der Waals surface area (Å²) < 4.78 is 5.33. The van der Waals surface area contributed by atoms with Gasteiger partial charge in [-0.25, -0.2) is 0 Å². The highest BCUT2D eigenvalue weighted by Crippen LogP contribution is 2.26. The van der Waals surface area contributed by atoms with Crippen molar-refractivity contribution < 1.29 is 9.32 Å². The molecule has 1 aromatic heterocycles. The van der Waals surface area contributed by atoms with E-state index in [0.717, 1.165) is 38.2 Å². The predicted octanol–water partition coefficient (Wildman–Crippen LogP) is 2.83. The lowest BCUT2D eigenvalue weighted by molar-refractivity contribution is -0.133. The zero-order valence-corrected chi connectivity index (χ0v) is 14.5. The minimum Gasteiger partial charge on any atom is -0.340 e. The summed E-state index contributed by atoms with van der Waals surface area (Å²) in [6.07, 6.45) is 1.53. The van der Waals surface area contributed by atoms with E-state index >= 15 is 0 Å². The Morgan fingerprint density at radius 1 is 1.25 bits per heavy atom. The third kappa shape index (κ3) is 3.94. The molecule has 24 heavy (non-hydrogen) atoms. The van der Waals surface area contributed by atoms with Crippen molar-refractivity contribution in [3.63, 3.8) is 0 Å². The molecule has 0 bridgehead atoms. The van der Waals surface area contributed by atoms with E-state index in [1.165, 1.54) is 0 Å². The number of carbonyl (C=O) groups excluding carboxylic acids is 1. The molecule has 128 valence electrons. The van der Waals surface area contributed by atoms with E-state index in [-0.39, 0.29) is 5.91 Å². The Hall–Kier alpha value is -1.92. The van der Waals surface area contributed by atoms with Crippen molar-refractivity contribution in [2.75, 3.05) is 26.2 Å². The molecule has 2 heterocycles. The summed E-state index contributed by atoms with van der Waals surface area (Å²) in [5, 5.41) is 4.64. The van der Waals surface area contributed by atoms with Gasteiger partial charge in [0.25, 0.3) is 5.89 Å². The number of aromatic nitrogens is 2. The highest BCUT2D eigenvalue weighted by molar-refractivity contribution is 6.33. The van der Waals surface area contributed by atoms with Crippen LogP contribution in [0.3, 0.4) is 0 Å². The first-order valence-corrected chi connectivity index (χ1v) is 8.62. The van der Waals surface area contributed by atoms with Gasteiger partial charge in [0.2, 0.25) is 5.91 Å². The van der Waals surface area contributed by atoms with Crippen molar-refractivity contribution in [2.24, 2.45) is 0 Å². The Balaban J connectivity index is 1.57. The van der Waals surface area contributed by atoms with Crippen LogP contribution < -0.4 is 0 Å². The Kier molecular flexibility index (Phi) is 5.48. The van der Waals surface area contributed by atoms with Gasteiger partial charge in [-0.2, -0.15) is 4.98 Å². The molecule has 1 aliphatic rings. The number of piperazine rings is 1. The fraction of sp³-hybridized carbons (Fsp3) is 0.471. The Morgan fingerprint density at radius 2 is 2.00 bits per heavy atom. The largest absolute Gasteiger partial charge is 0.340 e. The van der Waals surface area contributed by atoms with E-state index in [0.29, 0.717) is 29.7 Å². The van der Waals surface area contributed by atoms with Gasteiger partial charge in [-0.15, -0.1) is 0 Å². The van der Waals surface area contributed by atoms with E-state index in [4.69, 9.17) is 16.1 Å². The maximum atomic E-state index is 11.9. The van der Waals surface area contributed by atoms with E-state index in [2.05, 4.69) is 15.0 Å². The van der Waals surface area contributed by atoms with E-state index in [9.17, 15) is 4.79 Å². The van der Waals surface area contributed by atoms with Gasteiger partial charge in [-0.05, 0) is 18.6 Å². The van der Waals surface area contributed by atoms with Crippen LogP contribution in [0.15, 0.2) is 28.8 Å². The molecule has 0 N–H and O–H groups in total. The van der Waals surface area contributed by atoms with Gasteiger partial charge < -0.3 is 9.42 Å². The van der Waals surface area contributed by atoms with Gasteiger partial charge >= 0.3 is 0 Å². The number of nitrogens with zero attached hydrogens (tertiary/aromatic N) is 4. The van der Waals surface area contributed by atoms with Crippen molar-refractivity contribution in [1.82, 2.24) is 19.9 Å². The van der Waals surface area contributed by atoms with Gasteiger partial charge in [0.05, 0.1) is 17.1 Å². The summed E-state index contributed by atoms with van der Waals surface area (Å²) in [5.41, 5.74) is 0.743. The Bertz CT molecular complexity index is 695. The zero-order valence-electron chi connectivity index (χ0n) is 13.7. The quantitative estimate of drug-likeness (QED) is 0.831. The normalized spacial score (nSPS) is 15.7. The second-order valence-electron chi connectivity index (χ2n) is 5.90. The van der Waals surface area contributed by atoms with Crippen molar-refractivity contribution in [3.05, 3.63) is 35.1 Å². The fourth-order valence-corrected chi connectivity index (χ4v) is 3.01. The minimum absolute atomic E-state index is 0.248. The molecule has 3 rings (SSSR count). The Morgan fingerprint density at radius 3 is 2.71 bits per heavy atom. The lowest BCUT2D eigenvalue weighted by atomic mass is 10.2. The lowest BCUT2D eigenvalue weighted by Crippen LogP contribution is -2.48. The van der Waals surface area contributed by atoms with Crippen LogP contribution in [0, 0.1) is 0 Å². The predicted molar refractivity (Wildman–Crippen MR) is 91.5 cm³/mol. The van der Waals surface area contributed by atoms with Crippen molar-refractivity contribution in [2.45, 2.75) is 26.3 Å². The molecule has 0 unspecified atom stereocenters. The first-order valence-electron chi connectivity index (χ1n) is 8.25. The van der Waals surface area contributed by atoms with Crippen LogP contribution in [0.1, 0.15) is 25.6 Å². The molecule has 1 aliphatic heterocycles. The van der Waals surface area contributed by atoms with E-state index in [1.807, 2.05) is 30.0 Å². The molecule has 1 amide bonds. The molecule has 0 aliphatic carbocycles. The van der Waals surface area contributed by atoms with Crippen molar-refractivity contribution in [3.8, 4) is 11.5 Å². The van der Waals surface area contributed by atoms with E-state index in [1.54, 1.807) is 6.07 Å². The molecular weight excluding hydrogens is 328 g/mol. The van der Waals surface area contributed by atoms with Crippen LogP contribution in [0.4, 0.5) is 0 Å². The summed E-state index contributed by atoms with van der Waals surface area (Å²) in [7, 11) is 0. The molecule has 2 aromatic rings. The molecule has 0 radical (unpaired) electrons. The number of halogens is 1. The maximum absolute atomic E-state index is 11.9. The Labute approximate surface area is 146 Å². The smallest absolute Gasteiger partial charge is 0.259 e. The maximum Gasteiger partial charge on any atom is 0.259 e. The minimum atomic E-state index is 0.248. The lowest BCUT2D eigenvalue weighted by Gasteiger charge is -2.34. The second-order valence-corrected chi connectivity index (χ2v) is 6.31. The van der Waals surface area contributed by atoms with Crippen LogP contribution in [0.2, 0.25) is 5.02 Å². The zero-order chi connectivity index (χ0) is 16.9. The monoisotopic (exact) mass is 348 g/mol. The number of amides is 1. The summed E-state index contributed by atoms with van der Waals surface area (Å²) in [5.74, 6) is 1.32. The van der Waals surface area contributed by atoms with Crippen LogP contribution >= 0.6 is 11.6 Å². The van der Waals surface area contributed by atoms with Gasteiger partial charge in [0.15, 0.2) is 5.82 Å². The SMILES string of the molecule is CCCC(=O)N1CCN(Cc2noc(-c3ccccc3Cl)n2)CC1. The number of rotatable bonds is 5. The van der Waals surface area contributed by atoms with Gasteiger partial charge in [0.1, 0.15) is 0 Å². The third-order valence-corrected chi connectivity index (χ3v) is 4.46. The van der Waals surface area contributed by atoms with Crippen molar-refractivity contribution >= 4 is 17.5 Å². The molecule has 0 saturated carbocycles. The van der Waals surface area contributed by atoms with Crippen LogP contribution in [0.5, 0.6) is 0 Å². The molecular formula is C17H21ClN4O2. The highest BCUT2D eigenvalue weighted by Gasteiger charge is 2.22. The summed E-state index contributed by atoms with van der Waals surface area (Å²) in [4.78, 5) is 20.5. The van der Waals surface area contributed by atoms with Crippen LogP contribution in [-0.2, 0) is 11.3 Å². The molecule has 0 spiro atoms. The van der Waals surface area contributed by atoms with Gasteiger partial charge in [-0.1, -0.05) is 35.8 Å². The highest BCUT2D eigenvalue weighted by atomic mass is 35.5. The number of carbonyl (C=O) groups is 1. The first-order chi connectivity index (χ1) is 11.7. The standard InChI is InChI=1S/C17H21ClN4O2/c1-2-5-16(23)22-10-8-21(9-11-22)12-15-19-17(24-20-15)13-6-3-4-7-14(13)18/h3-4,6-7H,2,5,8-12H2,1H3. The van der Waals surface area contributed by atoms with E-state index < -0.39 is 0 Å². The molecule has 6 nitrogen and oxygen atoms in total. The van der Waals surface area contributed by atoms with Gasteiger partial charge in [0, 0.05) is 32.6 Å². The molecule has 1 aromatic carbocycles. The first kappa shape index (κ1) is 16.9. The summed E-state index contributed by atoms with van der Waals surface area (Å²) in [6, 6.07) is 7.41. The third-order valence-electron chi connectivity index (χ3n) is 4.13. The summed E-state index contributed by atoms with van der Waals surface area (Å²) in [6.45, 7) is 5.81. The fourth-order valence-electron chi connectivity index (χ4n) is 2.79.